The zero-order chi connectivity index (χ0) is 19.5. The number of aromatic nitrogens is 1. The largest absolute Gasteiger partial charge is 0.462 e. The molecule has 8 heteroatoms. The van der Waals surface area contributed by atoms with E-state index in [1.807, 2.05) is 0 Å². The van der Waals surface area contributed by atoms with Crippen LogP contribution in [0.4, 0.5) is 13.2 Å². The van der Waals surface area contributed by atoms with Crippen LogP contribution in [0.25, 0.3) is 0 Å². The maximum absolute atomic E-state index is 12.7. The van der Waals surface area contributed by atoms with Crippen molar-refractivity contribution in [1.29, 1.82) is 0 Å². The highest BCUT2D eigenvalue weighted by molar-refractivity contribution is 6.00. The zero-order valence-electron chi connectivity index (χ0n) is 14.6. The van der Waals surface area contributed by atoms with Gasteiger partial charge in [-0.3, -0.25) is 4.79 Å². The molecule has 2 aromatic rings. The van der Waals surface area contributed by atoms with E-state index in [2.05, 4.69) is 10.3 Å². The van der Waals surface area contributed by atoms with Gasteiger partial charge in [0.15, 0.2) is 0 Å². The Morgan fingerprint density at radius 1 is 1.23 bits per heavy atom. The van der Waals surface area contributed by atoms with Crippen LogP contribution in [-0.2, 0) is 17.5 Å². The van der Waals surface area contributed by atoms with E-state index in [1.165, 1.54) is 12.1 Å². The van der Waals surface area contributed by atoms with Crippen molar-refractivity contribution in [3.63, 3.8) is 0 Å². The molecule has 140 valence electrons. The van der Waals surface area contributed by atoms with Crippen LogP contribution in [0.1, 0.15) is 50.2 Å². The van der Waals surface area contributed by atoms with E-state index in [4.69, 9.17) is 4.74 Å². The first-order valence-electron chi connectivity index (χ1n) is 7.95. The molecule has 0 unspecified atom stereocenters. The van der Waals surface area contributed by atoms with E-state index >= 15 is 0 Å². The van der Waals surface area contributed by atoms with Crippen LogP contribution in [-0.4, -0.2) is 23.5 Å². The third kappa shape index (κ3) is 4.25. The fourth-order valence-electron chi connectivity index (χ4n) is 2.61. The van der Waals surface area contributed by atoms with E-state index in [0.29, 0.717) is 16.8 Å². The number of alkyl halides is 3. The molecule has 5 nitrogen and oxygen atoms in total. The van der Waals surface area contributed by atoms with Crippen molar-refractivity contribution in [2.24, 2.45) is 0 Å². The second kappa shape index (κ2) is 7.63. The Bertz CT molecular complexity index is 826. The molecule has 26 heavy (non-hydrogen) atoms. The summed E-state index contributed by atoms with van der Waals surface area (Å²) in [6.45, 7) is 5.06. The Hall–Kier alpha value is -2.77. The molecule has 0 atom stereocenters. The normalized spacial score (nSPS) is 11.3. The van der Waals surface area contributed by atoms with Gasteiger partial charge in [-0.15, -0.1) is 0 Å². The number of hydrogen-bond acceptors (Lipinski definition) is 3. The van der Waals surface area contributed by atoms with Crippen LogP contribution < -0.4 is 5.32 Å². The van der Waals surface area contributed by atoms with Gasteiger partial charge >= 0.3 is 12.1 Å². The fraction of sp³-hybridized carbons (Fsp3) is 0.333. The minimum Gasteiger partial charge on any atom is -0.462 e. The van der Waals surface area contributed by atoms with Crippen LogP contribution in [0.3, 0.4) is 0 Å². The Kier molecular flexibility index (Phi) is 5.74. The smallest absolute Gasteiger partial charge is 0.416 e. The van der Waals surface area contributed by atoms with Gasteiger partial charge in [0.1, 0.15) is 5.69 Å². The molecule has 0 aliphatic carbocycles. The Morgan fingerprint density at radius 2 is 1.92 bits per heavy atom. The molecule has 0 bridgehead atoms. The number of carbonyl (C=O) groups is 2. The highest BCUT2D eigenvalue weighted by Gasteiger charge is 2.30. The maximum Gasteiger partial charge on any atom is 0.416 e. The summed E-state index contributed by atoms with van der Waals surface area (Å²) < 4.78 is 43.2. The first-order chi connectivity index (χ1) is 12.1. The minimum atomic E-state index is -4.44. The van der Waals surface area contributed by atoms with E-state index < -0.39 is 23.6 Å². The Morgan fingerprint density at radius 3 is 2.54 bits per heavy atom. The molecule has 0 radical (unpaired) electrons. The highest BCUT2D eigenvalue weighted by Crippen LogP contribution is 2.29. The first kappa shape index (κ1) is 19.6. The Balaban J connectivity index is 2.14. The van der Waals surface area contributed by atoms with Gasteiger partial charge in [-0.05, 0) is 44.0 Å². The van der Waals surface area contributed by atoms with Crippen molar-refractivity contribution in [1.82, 2.24) is 10.3 Å². The average Bonchev–Trinajstić information content (AvgIpc) is 2.87. The van der Waals surface area contributed by atoms with Gasteiger partial charge in [0.05, 0.1) is 17.7 Å². The number of rotatable bonds is 5. The topological polar surface area (TPSA) is 71.2 Å². The second-order valence-corrected chi connectivity index (χ2v) is 5.73. The molecular weight excluding hydrogens is 349 g/mol. The van der Waals surface area contributed by atoms with Crippen molar-refractivity contribution in [2.75, 3.05) is 6.61 Å². The number of H-pyrrole nitrogens is 1. The van der Waals surface area contributed by atoms with Crippen LogP contribution in [0.15, 0.2) is 24.3 Å². The molecule has 1 aromatic heterocycles. The van der Waals surface area contributed by atoms with Crippen molar-refractivity contribution in [3.8, 4) is 0 Å². The predicted octanol–water partition coefficient (Wildman–Crippen LogP) is 3.76. The van der Waals surface area contributed by atoms with Gasteiger partial charge in [0, 0.05) is 12.2 Å². The molecule has 2 N–H and O–H groups in total. The number of aryl methyl sites for hydroxylation is 1. The van der Waals surface area contributed by atoms with Gasteiger partial charge in [-0.25, -0.2) is 4.79 Å². The number of aromatic amines is 1. The summed E-state index contributed by atoms with van der Waals surface area (Å²) in [5, 5.41) is 2.56. The van der Waals surface area contributed by atoms with Crippen LogP contribution in [0.5, 0.6) is 0 Å². The molecular formula is C18H19F3N2O3. The van der Waals surface area contributed by atoms with E-state index in [0.717, 1.165) is 12.1 Å². The molecule has 2 rings (SSSR count). The molecule has 0 saturated heterocycles. The molecule has 0 aliphatic rings. The summed E-state index contributed by atoms with van der Waals surface area (Å²) in [6, 6.07) is 4.73. The van der Waals surface area contributed by atoms with E-state index in [9.17, 15) is 22.8 Å². The van der Waals surface area contributed by atoms with Crippen molar-refractivity contribution >= 4 is 11.9 Å². The lowest BCUT2D eigenvalue weighted by atomic mass is 10.1. The van der Waals surface area contributed by atoms with E-state index in [-0.39, 0.29) is 24.4 Å². The van der Waals surface area contributed by atoms with Gasteiger partial charge in [0.2, 0.25) is 0 Å². The predicted molar refractivity (Wildman–Crippen MR) is 88.8 cm³/mol. The summed E-state index contributed by atoms with van der Waals surface area (Å²) in [5.74, 6) is -1.05. The van der Waals surface area contributed by atoms with Crippen molar-refractivity contribution in [3.05, 3.63) is 57.9 Å². The molecule has 0 aliphatic heterocycles. The third-order valence-corrected chi connectivity index (χ3v) is 3.85. The molecule has 1 aromatic carbocycles. The summed E-state index contributed by atoms with van der Waals surface area (Å²) in [5.41, 5.74) is 0.932. The molecule has 1 heterocycles. The SMILES string of the molecule is CCOC(=O)c1c(C)[nH]c(C(=O)NCc2cccc(C(F)(F)F)c2)c1C. The van der Waals surface area contributed by atoms with Gasteiger partial charge in [0.25, 0.3) is 5.91 Å². The molecule has 0 spiro atoms. The highest BCUT2D eigenvalue weighted by atomic mass is 19.4. The monoisotopic (exact) mass is 368 g/mol. The summed E-state index contributed by atoms with van der Waals surface area (Å²) in [4.78, 5) is 27.1. The number of nitrogens with one attached hydrogen (secondary N) is 2. The number of carbonyl (C=O) groups excluding carboxylic acids is 2. The van der Waals surface area contributed by atoms with Gasteiger partial charge in [-0.1, -0.05) is 12.1 Å². The van der Waals surface area contributed by atoms with Crippen molar-refractivity contribution in [2.45, 2.75) is 33.5 Å². The van der Waals surface area contributed by atoms with Gasteiger partial charge < -0.3 is 15.0 Å². The quantitative estimate of drug-likeness (QED) is 0.790. The number of esters is 1. The van der Waals surface area contributed by atoms with Gasteiger partial charge in [-0.2, -0.15) is 13.2 Å². The lowest BCUT2D eigenvalue weighted by Crippen LogP contribution is -2.24. The number of hydrogen-bond donors (Lipinski definition) is 2. The summed E-state index contributed by atoms with van der Waals surface area (Å²) in [7, 11) is 0. The Labute approximate surface area is 148 Å². The van der Waals surface area contributed by atoms with E-state index in [1.54, 1.807) is 20.8 Å². The molecule has 0 saturated carbocycles. The summed E-state index contributed by atoms with van der Waals surface area (Å²) in [6.07, 6.45) is -4.44. The van der Waals surface area contributed by atoms with Crippen LogP contribution >= 0.6 is 0 Å². The number of ether oxygens (including phenoxy) is 1. The third-order valence-electron chi connectivity index (χ3n) is 3.85. The number of benzene rings is 1. The van der Waals surface area contributed by atoms with Crippen LogP contribution in [0, 0.1) is 13.8 Å². The second-order valence-electron chi connectivity index (χ2n) is 5.73. The zero-order valence-corrected chi connectivity index (χ0v) is 14.6. The van der Waals surface area contributed by atoms with Crippen molar-refractivity contribution < 1.29 is 27.5 Å². The molecule has 1 amide bonds. The summed E-state index contributed by atoms with van der Waals surface area (Å²) >= 11 is 0. The number of amides is 1. The lowest BCUT2D eigenvalue weighted by Gasteiger charge is -2.09. The standard InChI is InChI=1S/C18H19F3N2O3/c1-4-26-17(25)14-10(2)15(23-11(14)3)16(24)22-9-12-6-5-7-13(8-12)18(19,20)21/h5-8,23H,4,9H2,1-3H3,(H,22,24). The minimum absolute atomic E-state index is 0.0744. The first-order valence-corrected chi connectivity index (χ1v) is 7.95. The maximum atomic E-state index is 12.7. The average molecular weight is 368 g/mol. The van der Waals surface area contributed by atoms with Crippen LogP contribution in [0.2, 0.25) is 0 Å². The fourth-order valence-corrected chi connectivity index (χ4v) is 2.61. The number of halogens is 3. The molecule has 0 fully saturated rings. The lowest BCUT2D eigenvalue weighted by molar-refractivity contribution is -0.137.